The van der Waals surface area contributed by atoms with E-state index in [1.54, 1.807) is 0 Å². The molecule has 0 saturated carbocycles. The summed E-state index contributed by atoms with van der Waals surface area (Å²) < 4.78 is 5.83. The fourth-order valence-electron chi connectivity index (χ4n) is 2.45. The topological polar surface area (TPSA) is 21.3 Å². The Hall–Kier alpha value is -0.280. The smallest absolute Gasteiger partial charge is 0.0731 e. The van der Waals surface area contributed by atoms with Crippen LogP contribution in [0.15, 0.2) is 18.2 Å². The largest absolute Gasteiger partial charge is 0.377 e. The van der Waals surface area contributed by atoms with Crippen molar-refractivity contribution in [1.29, 1.82) is 0 Å². The summed E-state index contributed by atoms with van der Waals surface area (Å²) in [6.45, 7) is 0.867. The van der Waals surface area contributed by atoms with Crippen molar-refractivity contribution in [3.05, 3.63) is 33.8 Å². The number of halogens is 2. The van der Waals surface area contributed by atoms with E-state index in [4.69, 9.17) is 27.9 Å². The van der Waals surface area contributed by atoms with E-state index in [9.17, 15) is 0 Å². The summed E-state index contributed by atoms with van der Waals surface area (Å²) in [5.74, 6) is 0. The molecule has 1 aliphatic heterocycles. The normalized spacial score (nSPS) is 21.8. The van der Waals surface area contributed by atoms with Crippen molar-refractivity contribution in [2.45, 2.75) is 37.8 Å². The van der Waals surface area contributed by atoms with Crippen molar-refractivity contribution < 1.29 is 4.74 Å². The summed E-state index contributed by atoms with van der Waals surface area (Å²) in [6, 6.07) is 6.08. The van der Waals surface area contributed by atoms with Gasteiger partial charge in [-0.1, -0.05) is 35.3 Å². The second-order valence-electron chi connectivity index (χ2n) is 4.72. The Morgan fingerprint density at radius 3 is 2.89 bits per heavy atom. The van der Waals surface area contributed by atoms with E-state index in [1.807, 2.05) is 25.2 Å². The zero-order chi connectivity index (χ0) is 13.0. The minimum atomic E-state index is 0.277. The number of hydrogen-bond donors (Lipinski definition) is 1. The second-order valence-corrected chi connectivity index (χ2v) is 5.50. The average molecular weight is 288 g/mol. The predicted molar refractivity (Wildman–Crippen MR) is 76.6 cm³/mol. The molecule has 100 valence electrons. The lowest BCUT2D eigenvalue weighted by Gasteiger charge is -2.30. The standard InChI is InChI=1S/C14H19Cl2NO/c1-17-12(13-7-2-3-8-18-13)9-10-5-4-6-11(15)14(10)16/h4-6,12-13,17H,2-3,7-9H2,1H3. The maximum Gasteiger partial charge on any atom is 0.0731 e. The Morgan fingerprint density at radius 2 is 2.22 bits per heavy atom. The maximum atomic E-state index is 6.23. The molecule has 0 aliphatic carbocycles. The van der Waals surface area contributed by atoms with E-state index in [0.717, 1.165) is 25.0 Å². The van der Waals surface area contributed by atoms with Crippen LogP contribution < -0.4 is 5.32 Å². The summed E-state index contributed by atoms with van der Waals surface area (Å²) in [7, 11) is 1.97. The molecule has 2 rings (SSSR count). The maximum absolute atomic E-state index is 6.23. The van der Waals surface area contributed by atoms with Gasteiger partial charge in [0.2, 0.25) is 0 Å². The Labute approximate surface area is 119 Å². The molecule has 1 aromatic carbocycles. The van der Waals surface area contributed by atoms with Crippen LogP contribution in [0.2, 0.25) is 10.0 Å². The number of likely N-dealkylation sites (N-methyl/N-ethyl adjacent to an activating group) is 1. The fraction of sp³-hybridized carbons (Fsp3) is 0.571. The van der Waals surface area contributed by atoms with Crippen molar-refractivity contribution in [3.63, 3.8) is 0 Å². The first-order valence-corrected chi connectivity index (χ1v) is 7.19. The van der Waals surface area contributed by atoms with Gasteiger partial charge in [-0.3, -0.25) is 0 Å². The molecule has 2 unspecified atom stereocenters. The van der Waals surface area contributed by atoms with Gasteiger partial charge in [0.1, 0.15) is 0 Å². The van der Waals surface area contributed by atoms with Crippen LogP contribution in [-0.2, 0) is 11.2 Å². The minimum Gasteiger partial charge on any atom is -0.377 e. The Balaban J connectivity index is 2.07. The number of benzene rings is 1. The highest BCUT2D eigenvalue weighted by Gasteiger charge is 2.24. The molecule has 0 aromatic heterocycles. The van der Waals surface area contributed by atoms with Crippen molar-refractivity contribution in [3.8, 4) is 0 Å². The van der Waals surface area contributed by atoms with Gasteiger partial charge in [-0.25, -0.2) is 0 Å². The first-order chi connectivity index (χ1) is 8.72. The summed E-state index contributed by atoms with van der Waals surface area (Å²) in [4.78, 5) is 0. The zero-order valence-electron chi connectivity index (χ0n) is 10.6. The molecule has 1 fully saturated rings. The summed E-state index contributed by atoms with van der Waals surface area (Å²) in [5, 5.41) is 4.62. The van der Waals surface area contributed by atoms with Crippen LogP contribution in [0.25, 0.3) is 0 Å². The van der Waals surface area contributed by atoms with Crippen LogP contribution in [0.4, 0.5) is 0 Å². The van der Waals surface area contributed by atoms with Crippen molar-refractivity contribution in [1.82, 2.24) is 5.32 Å². The van der Waals surface area contributed by atoms with Gasteiger partial charge < -0.3 is 10.1 Å². The van der Waals surface area contributed by atoms with Gasteiger partial charge in [-0.05, 0) is 44.4 Å². The summed E-state index contributed by atoms with van der Waals surface area (Å²) >= 11 is 12.3. The quantitative estimate of drug-likeness (QED) is 0.912. The lowest BCUT2D eigenvalue weighted by Crippen LogP contribution is -2.42. The minimum absolute atomic E-state index is 0.277. The van der Waals surface area contributed by atoms with Crippen molar-refractivity contribution in [2.75, 3.05) is 13.7 Å². The monoisotopic (exact) mass is 287 g/mol. The van der Waals surface area contributed by atoms with Gasteiger partial charge in [-0.15, -0.1) is 0 Å². The van der Waals surface area contributed by atoms with Crippen LogP contribution in [0.1, 0.15) is 24.8 Å². The number of rotatable bonds is 4. The third-order valence-corrected chi connectivity index (χ3v) is 4.36. The predicted octanol–water partition coefficient (Wildman–Crippen LogP) is 3.69. The first-order valence-electron chi connectivity index (χ1n) is 6.44. The average Bonchev–Trinajstić information content (AvgIpc) is 2.41. The van der Waals surface area contributed by atoms with E-state index in [1.165, 1.54) is 12.8 Å². The van der Waals surface area contributed by atoms with Crippen molar-refractivity contribution >= 4 is 23.2 Å². The molecule has 0 bridgehead atoms. The molecule has 4 heteroatoms. The van der Waals surface area contributed by atoms with Crippen LogP contribution in [0, 0.1) is 0 Å². The Morgan fingerprint density at radius 1 is 1.39 bits per heavy atom. The van der Waals surface area contributed by atoms with E-state index in [2.05, 4.69) is 5.32 Å². The highest BCUT2D eigenvalue weighted by Crippen LogP contribution is 2.28. The molecule has 2 atom stereocenters. The SMILES string of the molecule is CNC(Cc1cccc(Cl)c1Cl)C1CCCCO1. The van der Waals surface area contributed by atoms with Gasteiger partial charge >= 0.3 is 0 Å². The highest BCUT2D eigenvalue weighted by molar-refractivity contribution is 6.42. The number of ether oxygens (including phenoxy) is 1. The second kappa shape index (κ2) is 6.76. The lowest BCUT2D eigenvalue weighted by molar-refractivity contribution is -0.00586. The van der Waals surface area contributed by atoms with Gasteiger partial charge in [0, 0.05) is 12.6 Å². The van der Waals surface area contributed by atoms with E-state index in [0.29, 0.717) is 16.1 Å². The van der Waals surface area contributed by atoms with Crippen molar-refractivity contribution in [2.24, 2.45) is 0 Å². The number of nitrogens with one attached hydrogen (secondary N) is 1. The van der Waals surface area contributed by atoms with Crippen LogP contribution >= 0.6 is 23.2 Å². The number of hydrogen-bond acceptors (Lipinski definition) is 2. The molecule has 0 amide bonds. The molecule has 18 heavy (non-hydrogen) atoms. The third kappa shape index (κ3) is 3.39. The van der Waals surface area contributed by atoms with Crippen LogP contribution in [0.5, 0.6) is 0 Å². The summed E-state index contributed by atoms with van der Waals surface area (Å²) in [6.07, 6.45) is 4.65. The Kier molecular flexibility index (Phi) is 5.31. The molecule has 1 N–H and O–H groups in total. The highest BCUT2D eigenvalue weighted by atomic mass is 35.5. The molecular weight excluding hydrogens is 269 g/mol. The molecule has 0 spiro atoms. The molecule has 2 nitrogen and oxygen atoms in total. The van der Waals surface area contributed by atoms with Crippen LogP contribution in [0.3, 0.4) is 0 Å². The fourth-order valence-corrected chi connectivity index (χ4v) is 2.84. The first kappa shape index (κ1) is 14.1. The lowest BCUT2D eigenvalue weighted by atomic mass is 9.96. The van der Waals surface area contributed by atoms with E-state index in [-0.39, 0.29) is 6.10 Å². The van der Waals surface area contributed by atoms with Gasteiger partial charge in [0.05, 0.1) is 16.1 Å². The molecule has 1 aliphatic rings. The molecule has 0 radical (unpaired) electrons. The molecular formula is C14H19Cl2NO. The van der Waals surface area contributed by atoms with Gasteiger partial charge in [0.25, 0.3) is 0 Å². The Bertz CT molecular complexity index is 391. The van der Waals surface area contributed by atoms with E-state index >= 15 is 0 Å². The van der Waals surface area contributed by atoms with Crippen LogP contribution in [-0.4, -0.2) is 25.8 Å². The van der Waals surface area contributed by atoms with Gasteiger partial charge in [0.15, 0.2) is 0 Å². The van der Waals surface area contributed by atoms with Gasteiger partial charge in [-0.2, -0.15) is 0 Å². The zero-order valence-corrected chi connectivity index (χ0v) is 12.1. The molecule has 1 aromatic rings. The third-order valence-electron chi connectivity index (χ3n) is 3.51. The molecule has 1 saturated heterocycles. The van der Waals surface area contributed by atoms with E-state index < -0.39 is 0 Å². The summed E-state index contributed by atoms with van der Waals surface area (Å²) in [5.41, 5.74) is 1.08. The molecule has 1 heterocycles.